The van der Waals surface area contributed by atoms with Crippen molar-refractivity contribution in [3.8, 4) is 11.5 Å². The van der Waals surface area contributed by atoms with Crippen LogP contribution in [0.4, 0.5) is 0 Å². The van der Waals surface area contributed by atoms with Crippen LogP contribution in [0.15, 0.2) is 12.1 Å². The maximum absolute atomic E-state index is 10.8. The Morgan fingerprint density at radius 1 is 1.33 bits per heavy atom. The van der Waals surface area contributed by atoms with Gasteiger partial charge in [-0.25, -0.2) is 0 Å². The molecule has 0 bridgehead atoms. The van der Waals surface area contributed by atoms with Gasteiger partial charge in [0.1, 0.15) is 0 Å². The first-order chi connectivity index (χ1) is 10.1. The zero-order chi connectivity index (χ0) is 15.7. The van der Waals surface area contributed by atoms with Crippen LogP contribution in [0.3, 0.4) is 0 Å². The zero-order valence-electron chi connectivity index (χ0n) is 12.3. The Morgan fingerprint density at radius 2 is 2.10 bits per heavy atom. The summed E-state index contributed by atoms with van der Waals surface area (Å²) in [4.78, 5) is 10.8. The highest BCUT2D eigenvalue weighted by Gasteiger charge is 2.13. The smallest absolute Gasteiger partial charge is 0.220 e. The van der Waals surface area contributed by atoms with Crippen LogP contribution in [0.1, 0.15) is 12.0 Å². The summed E-state index contributed by atoms with van der Waals surface area (Å²) in [7, 11) is 3.18. The van der Waals surface area contributed by atoms with E-state index in [1.165, 1.54) is 7.11 Å². The maximum Gasteiger partial charge on any atom is 0.220 e. The van der Waals surface area contributed by atoms with Crippen LogP contribution in [0.5, 0.6) is 11.5 Å². The molecule has 0 saturated heterocycles. The van der Waals surface area contributed by atoms with E-state index < -0.39 is 5.91 Å². The summed E-state index contributed by atoms with van der Waals surface area (Å²) >= 11 is 6.06. The highest BCUT2D eigenvalue weighted by molar-refractivity contribution is 6.30. The van der Waals surface area contributed by atoms with Gasteiger partial charge >= 0.3 is 0 Å². The lowest BCUT2D eigenvalue weighted by Crippen LogP contribution is -2.20. The van der Waals surface area contributed by atoms with Gasteiger partial charge in [-0.3, -0.25) is 4.79 Å². The van der Waals surface area contributed by atoms with Gasteiger partial charge in [0.15, 0.2) is 11.5 Å². The summed E-state index contributed by atoms with van der Waals surface area (Å²) in [6.45, 7) is 2.05. The van der Waals surface area contributed by atoms with Crippen LogP contribution in [0.25, 0.3) is 0 Å². The highest BCUT2D eigenvalue weighted by atomic mass is 35.5. The molecular formula is C14H21ClN2O4. The molecule has 0 heterocycles. The van der Waals surface area contributed by atoms with Gasteiger partial charge in [0.25, 0.3) is 0 Å². The van der Waals surface area contributed by atoms with Crippen molar-refractivity contribution >= 4 is 17.5 Å². The van der Waals surface area contributed by atoms with Crippen molar-refractivity contribution in [3.63, 3.8) is 0 Å². The van der Waals surface area contributed by atoms with Crippen molar-refractivity contribution in [1.82, 2.24) is 5.32 Å². The normalized spacial score (nSPS) is 10.4. The molecule has 7 heteroatoms. The van der Waals surface area contributed by atoms with Gasteiger partial charge in [0.05, 0.1) is 26.7 Å². The van der Waals surface area contributed by atoms with E-state index in [-0.39, 0.29) is 13.0 Å². The van der Waals surface area contributed by atoms with E-state index in [1.54, 1.807) is 19.2 Å². The molecule has 0 atom stereocenters. The Morgan fingerprint density at radius 3 is 2.71 bits per heavy atom. The van der Waals surface area contributed by atoms with Crippen LogP contribution in [0.2, 0.25) is 5.02 Å². The molecule has 0 fully saturated rings. The Labute approximate surface area is 129 Å². The molecule has 1 aromatic rings. The van der Waals surface area contributed by atoms with Crippen molar-refractivity contribution in [2.45, 2.75) is 13.0 Å². The molecule has 0 spiro atoms. The number of hydrogen-bond donors (Lipinski definition) is 2. The predicted octanol–water partition coefficient (Wildman–Crippen LogP) is 1.34. The van der Waals surface area contributed by atoms with Crippen LogP contribution in [0, 0.1) is 0 Å². The summed E-state index contributed by atoms with van der Waals surface area (Å²) in [5, 5.41) is 3.76. The number of benzene rings is 1. The summed E-state index contributed by atoms with van der Waals surface area (Å²) in [6.07, 6.45) is 0.141. The van der Waals surface area contributed by atoms with Crippen LogP contribution >= 0.6 is 11.6 Å². The standard InChI is InChI=1S/C14H21ClN2O4/c1-19-6-4-17-9-10-7-11(15)8-12(20-2)14(10)21-5-3-13(16)18/h7-8,17H,3-6,9H2,1-2H3,(H2,16,18). The molecule has 0 aliphatic rings. The summed E-state index contributed by atoms with van der Waals surface area (Å²) in [5.41, 5.74) is 5.95. The fourth-order valence-electron chi connectivity index (χ4n) is 1.72. The number of rotatable bonds is 10. The molecule has 3 N–H and O–H groups in total. The van der Waals surface area contributed by atoms with Crippen LogP contribution < -0.4 is 20.5 Å². The van der Waals surface area contributed by atoms with E-state index in [1.807, 2.05) is 0 Å². The number of methoxy groups -OCH3 is 2. The van der Waals surface area contributed by atoms with E-state index >= 15 is 0 Å². The monoisotopic (exact) mass is 316 g/mol. The van der Waals surface area contributed by atoms with Gasteiger partial charge < -0.3 is 25.3 Å². The number of nitrogens with two attached hydrogens (primary N) is 1. The molecule has 0 saturated carbocycles. The van der Waals surface area contributed by atoms with Gasteiger partial charge in [0, 0.05) is 36.9 Å². The van der Waals surface area contributed by atoms with E-state index in [2.05, 4.69) is 5.32 Å². The van der Waals surface area contributed by atoms with Gasteiger partial charge in [-0.15, -0.1) is 0 Å². The van der Waals surface area contributed by atoms with Gasteiger partial charge in [-0.1, -0.05) is 11.6 Å². The second-order valence-electron chi connectivity index (χ2n) is 4.33. The molecular weight excluding hydrogens is 296 g/mol. The number of carbonyl (C=O) groups excluding carboxylic acids is 1. The van der Waals surface area contributed by atoms with E-state index in [0.717, 1.165) is 5.56 Å². The Balaban J connectivity index is 2.81. The number of amides is 1. The number of carbonyl (C=O) groups is 1. The van der Waals surface area contributed by atoms with Crippen LogP contribution in [-0.4, -0.2) is 39.9 Å². The number of primary amides is 1. The third-order valence-electron chi connectivity index (χ3n) is 2.71. The van der Waals surface area contributed by atoms with Gasteiger partial charge in [0.2, 0.25) is 5.91 Å². The van der Waals surface area contributed by atoms with Crippen molar-refractivity contribution in [3.05, 3.63) is 22.7 Å². The fraction of sp³-hybridized carbons (Fsp3) is 0.500. The van der Waals surface area contributed by atoms with E-state index in [9.17, 15) is 4.79 Å². The topological polar surface area (TPSA) is 82.8 Å². The number of nitrogens with one attached hydrogen (secondary N) is 1. The molecule has 21 heavy (non-hydrogen) atoms. The molecule has 1 rings (SSSR count). The molecule has 6 nitrogen and oxygen atoms in total. The molecule has 1 aromatic carbocycles. The fourth-order valence-corrected chi connectivity index (χ4v) is 1.95. The minimum Gasteiger partial charge on any atom is -0.493 e. The third-order valence-corrected chi connectivity index (χ3v) is 2.93. The van der Waals surface area contributed by atoms with Crippen LogP contribution in [-0.2, 0) is 16.1 Å². The first-order valence-electron chi connectivity index (χ1n) is 6.55. The minimum atomic E-state index is -0.414. The van der Waals surface area contributed by atoms with Gasteiger partial charge in [-0.2, -0.15) is 0 Å². The number of hydrogen-bond acceptors (Lipinski definition) is 5. The maximum atomic E-state index is 10.8. The second-order valence-corrected chi connectivity index (χ2v) is 4.77. The molecule has 0 radical (unpaired) electrons. The van der Waals surface area contributed by atoms with Crippen molar-refractivity contribution in [2.24, 2.45) is 5.73 Å². The SMILES string of the molecule is COCCNCc1cc(Cl)cc(OC)c1OCCC(N)=O. The quantitative estimate of drug-likeness (QED) is 0.636. The van der Waals surface area contributed by atoms with Crippen molar-refractivity contribution in [1.29, 1.82) is 0 Å². The molecule has 0 unspecified atom stereocenters. The second kappa shape index (κ2) is 9.44. The summed E-state index contributed by atoms with van der Waals surface area (Å²) in [5.74, 6) is 0.672. The lowest BCUT2D eigenvalue weighted by atomic mass is 10.1. The lowest BCUT2D eigenvalue weighted by molar-refractivity contribution is -0.118. The first kappa shape index (κ1) is 17.6. The minimum absolute atomic E-state index is 0.141. The Bertz CT molecular complexity index is 469. The lowest BCUT2D eigenvalue weighted by Gasteiger charge is -2.16. The Kier molecular flexibility index (Phi) is 7.89. The number of ether oxygens (including phenoxy) is 3. The molecule has 0 aromatic heterocycles. The molecule has 118 valence electrons. The Hall–Kier alpha value is -1.50. The summed E-state index contributed by atoms with van der Waals surface area (Å²) in [6, 6.07) is 3.46. The highest BCUT2D eigenvalue weighted by Crippen LogP contribution is 2.34. The van der Waals surface area contributed by atoms with Crippen molar-refractivity contribution < 1.29 is 19.0 Å². The van der Waals surface area contributed by atoms with Crippen molar-refractivity contribution in [2.75, 3.05) is 34.0 Å². The first-order valence-corrected chi connectivity index (χ1v) is 6.93. The molecule has 1 amide bonds. The zero-order valence-corrected chi connectivity index (χ0v) is 13.0. The molecule has 0 aliphatic carbocycles. The van der Waals surface area contributed by atoms with E-state index in [4.69, 9.17) is 31.5 Å². The average Bonchev–Trinajstić information content (AvgIpc) is 2.44. The third kappa shape index (κ3) is 6.20. The van der Waals surface area contributed by atoms with E-state index in [0.29, 0.717) is 36.2 Å². The largest absolute Gasteiger partial charge is 0.493 e. The average molecular weight is 317 g/mol. The van der Waals surface area contributed by atoms with Gasteiger partial charge in [-0.05, 0) is 6.07 Å². The summed E-state index contributed by atoms with van der Waals surface area (Å²) < 4.78 is 15.9. The number of halogens is 1. The predicted molar refractivity (Wildman–Crippen MR) is 80.9 cm³/mol. The molecule has 0 aliphatic heterocycles.